The number of hydrogen-bond acceptors (Lipinski definition) is 2. The van der Waals surface area contributed by atoms with Crippen molar-refractivity contribution in [2.24, 2.45) is 0 Å². The zero-order valence-corrected chi connectivity index (χ0v) is 12.4. The van der Waals surface area contributed by atoms with Crippen LogP contribution < -0.4 is 4.90 Å². The van der Waals surface area contributed by atoms with E-state index < -0.39 is 0 Å². The fourth-order valence-electron chi connectivity index (χ4n) is 1.94. The topological polar surface area (TPSA) is 37.4 Å². The number of hydrogen-bond donors (Lipinski definition) is 0. The Morgan fingerprint density at radius 1 is 0.864 bits per heavy atom. The molecule has 0 N–H and O–H groups in total. The zero-order valence-electron chi connectivity index (χ0n) is 12.4. The van der Waals surface area contributed by atoms with Gasteiger partial charge < -0.3 is 0 Å². The molecule has 0 fully saturated rings. The Balaban J connectivity index is 0.000000188. The molecule has 3 nitrogen and oxygen atoms in total. The lowest BCUT2D eigenvalue weighted by molar-refractivity contribution is -0.119. The summed E-state index contributed by atoms with van der Waals surface area (Å²) in [5.41, 5.74) is 2.89. The molecule has 2 aromatic carbocycles. The third kappa shape index (κ3) is 3.79. The van der Waals surface area contributed by atoms with Gasteiger partial charge in [-0.2, -0.15) is 0 Å². The summed E-state index contributed by atoms with van der Waals surface area (Å²) in [6.07, 6.45) is 4.39. The first kappa shape index (κ1) is 15.4. The molecule has 0 saturated heterocycles. The van der Waals surface area contributed by atoms with E-state index in [1.165, 1.54) is 17.7 Å². The molecule has 1 aliphatic rings. The highest BCUT2D eigenvalue weighted by atomic mass is 16.2. The molecule has 0 unspecified atom stereocenters. The van der Waals surface area contributed by atoms with E-state index in [2.05, 4.69) is 6.58 Å². The van der Waals surface area contributed by atoms with Crippen LogP contribution in [0, 0.1) is 6.92 Å². The lowest BCUT2D eigenvalue weighted by Crippen LogP contribution is -2.29. The number of rotatable bonds is 2. The Kier molecular flexibility index (Phi) is 5.04. The average molecular weight is 291 g/mol. The lowest BCUT2D eigenvalue weighted by atomic mass is 10.2. The maximum Gasteiger partial charge on any atom is 0.258 e. The fraction of sp³-hybridized carbons (Fsp3) is 0.0526. The maximum atomic E-state index is 11.3. The van der Waals surface area contributed by atoms with Gasteiger partial charge in [0.25, 0.3) is 11.8 Å². The molecule has 110 valence electrons. The van der Waals surface area contributed by atoms with Crippen LogP contribution in [-0.2, 0) is 9.59 Å². The number of anilines is 1. The van der Waals surface area contributed by atoms with Crippen molar-refractivity contribution < 1.29 is 9.59 Å². The highest BCUT2D eigenvalue weighted by Gasteiger charge is 2.24. The molecule has 2 aromatic rings. The van der Waals surface area contributed by atoms with Gasteiger partial charge >= 0.3 is 0 Å². The number of aryl methyl sites for hydroxylation is 1. The average Bonchev–Trinajstić information content (AvgIpc) is 2.89. The van der Waals surface area contributed by atoms with Crippen molar-refractivity contribution in [1.29, 1.82) is 0 Å². The third-order valence-electron chi connectivity index (χ3n) is 3.14. The van der Waals surface area contributed by atoms with Crippen molar-refractivity contribution in [3.05, 3.63) is 84.5 Å². The van der Waals surface area contributed by atoms with E-state index in [0.29, 0.717) is 5.69 Å². The number of benzene rings is 2. The lowest BCUT2D eigenvalue weighted by Gasteiger charge is -2.13. The molecule has 1 heterocycles. The van der Waals surface area contributed by atoms with E-state index in [0.717, 1.165) is 10.5 Å². The van der Waals surface area contributed by atoms with Crippen LogP contribution in [0.2, 0.25) is 0 Å². The van der Waals surface area contributed by atoms with Crippen molar-refractivity contribution in [2.75, 3.05) is 4.90 Å². The molecule has 3 heteroatoms. The van der Waals surface area contributed by atoms with Crippen molar-refractivity contribution in [3.63, 3.8) is 0 Å². The predicted molar refractivity (Wildman–Crippen MR) is 89.3 cm³/mol. The zero-order chi connectivity index (χ0) is 15.9. The van der Waals surface area contributed by atoms with Gasteiger partial charge in [0.15, 0.2) is 0 Å². The van der Waals surface area contributed by atoms with Crippen LogP contribution in [0.25, 0.3) is 6.08 Å². The monoisotopic (exact) mass is 291 g/mol. The van der Waals surface area contributed by atoms with Crippen LogP contribution in [0.5, 0.6) is 0 Å². The van der Waals surface area contributed by atoms with Crippen molar-refractivity contribution >= 4 is 23.6 Å². The number of amides is 2. The summed E-state index contributed by atoms with van der Waals surface area (Å²) in [5, 5.41) is 0. The standard InChI is InChI=1S/C11H9NO2.C8H8/c1-8-2-4-9(5-3-8)12-10(13)6-7-11(12)14;1-2-8-6-4-3-5-7-8/h2-7H,1H3;2-7H,1H2. The van der Waals surface area contributed by atoms with Gasteiger partial charge in [0.05, 0.1) is 5.69 Å². The summed E-state index contributed by atoms with van der Waals surface area (Å²) >= 11 is 0. The van der Waals surface area contributed by atoms with Gasteiger partial charge in [-0.15, -0.1) is 0 Å². The van der Waals surface area contributed by atoms with E-state index >= 15 is 0 Å². The summed E-state index contributed by atoms with van der Waals surface area (Å²) in [7, 11) is 0. The van der Waals surface area contributed by atoms with Gasteiger partial charge in [0.1, 0.15) is 0 Å². The Bertz CT molecular complexity index is 682. The highest BCUT2D eigenvalue weighted by Crippen LogP contribution is 2.18. The summed E-state index contributed by atoms with van der Waals surface area (Å²) < 4.78 is 0. The van der Waals surface area contributed by atoms with Gasteiger partial charge in [0.2, 0.25) is 0 Å². The van der Waals surface area contributed by atoms with E-state index in [9.17, 15) is 9.59 Å². The molecule has 0 aromatic heterocycles. The normalized spacial score (nSPS) is 12.9. The maximum absolute atomic E-state index is 11.3. The minimum absolute atomic E-state index is 0.279. The summed E-state index contributed by atoms with van der Waals surface area (Å²) in [5.74, 6) is -0.558. The molecule has 3 rings (SSSR count). The van der Waals surface area contributed by atoms with Crippen LogP contribution in [-0.4, -0.2) is 11.8 Å². The molecular weight excluding hydrogens is 274 g/mol. The predicted octanol–water partition coefficient (Wildman–Crippen LogP) is 3.75. The third-order valence-corrected chi connectivity index (χ3v) is 3.14. The highest BCUT2D eigenvalue weighted by molar-refractivity contribution is 6.28. The van der Waals surface area contributed by atoms with E-state index in [-0.39, 0.29) is 11.8 Å². The van der Waals surface area contributed by atoms with E-state index in [1.54, 1.807) is 12.1 Å². The number of carbonyl (C=O) groups is 2. The molecule has 0 atom stereocenters. The van der Waals surface area contributed by atoms with Crippen LogP contribution in [0.15, 0.2) is 73.3 Å². The van der Waals surface area contributed by atoms with Gasteiger partial charge in [0, 0.05) is 12.2 Å². The quantitative estimate of drug-likeness (QED) is 0.790. The summed E-state index contributed by atoms with van der Waals surface area (Å²) in [6, 6.07) is 17.3. The van der Waals surface area contributed by atoms with Crippen molar-refractivity contribution in [3.8, 4) is 0 Å². The van der Waals surface area contributed by atoms with E-state index in [4.69, 9.17) is 0 Å². The molecule has 0 bridgehead atoms. The second-order valence-electron chi connectivity index (χ2n) is 4.80. The molecule has 0 spiro atoms. The Morgan fingerprint density at radius 2 is 1.41 bits per heavy atom. The fourth-order valence-corrected chi connectivity index (χ4v) is 1.94. The minimum atomic E-state index is -0.279. The van der Waals surface area contributed by atoms with E-state index in [1.807, 2.05) is 55.5 Å². The molecule has 0 aliphatic carbocycles. The van der Waals surface area contributed by atoms with Crippen molar-refractivity contribution in [1.82, 2.24) is 0 Å². The second-order valence-corrected chi connectivity index (χ2v) is 4.80. The minimum Gasteiger partial charge on any atom is -0.269 e. The van der Waals surface area contributed by atoms with Gasteiger partial charge in [-0.3, -0.25) is 9.59 Å². The molecule has 2 amide bonds. The molecular formula is C19H17NO2. The SMILES string of the molecule is C=Cc1ccccc1.Cc1ccc(N2C(=O)C=CC2=O)cc1. The first-order chi connectivity index (χ1) is 10.6. The van der Waals surface area contributed by atoms with Gasteiger partial charge in [-0.1, -0.05) is 60.7 Å². The van der Waals surface area contributed by atoms with Gasteiger partial charge in [-0.05, 0) is 24.6 Å². The number of carbonyl (C=O) groups excluding carboxylic acids is 2. The number of nitrogens with zero attached hydrogens (tertiary/aromatic N) is 1. The summed E-state index contributed by atoms with van der Waals surface area (Å²) in [6.45, 7) is 5.58. The number of imide groups is 1. The van der Waals surface area contributed by atoms with Crippen LogP contribution in [0.1, 0.15) is 11.1 Å². The van der Waals surface area contributed by atoms with Crippen LogP contribution >= 0.6 is 0 Å². The molecule has 0 radical (unpaired) electrons. The Hall–Kier alpha value is -2.94. The first-order valence-electron chi connectivity index (χ1n) is 6.92. The van der Waals surface area contributed by atoms with Gasteiger partial charge in [-0.25, -0.2) is 4.90 Å². The molecule has 0 saturated carbocycles. The summed E-state index contributed by atoms with van der Waals surface area (Å²) in [4.78, 5) is 23.7. The molecule has 22 heavy (non-hydrogen) atoms. The largest absolute Gasteiger partial charge is 0.269 e. The Morgan fingerprint density at radius 3 is 1.86 bits per heavy atom. The first-order valence-corrected chi connectivity index (χ1v) is 6.92. The van der Waals surface area contributed by atoms with Crippen LogP contribution in [0.4, 0.5) is 5.69 Å². The Labute approximate surface area is 130 Å². The van der Waals surface area contributed by atoms with Crippen LogP contribution in [0.3, 0.4) is 0 Å². The van der Waals surface area contributed by atoms with Crippen molar-refractivity contribution in [2.45, 2.75) is 6.92 Å². The second kappa shape index (κ2) is 7.18. The molecule has 1 aliphatic heterocycles. The smallest absolute Gasteiger partial charge is 0.258 e.